The lowest BCUT2D eigenvalue weighted by atomic mass is 10.0. The Balaban J connectivity index is 2.54. The number of benzene rings is 1. The van der Waals surface area contributed by atoms with Gasteiger partial charge in [-0.15, -0.1) is 0 Å². The van der Waals surface area contributed by atoms with Crippen molar-refractivity contribution in [3.8, 4) is 0 Å². The minimum Gasteiger partial charge on any atom is -0.324 e. The van der Waals surface area contributed by atoms with Crippen LogP contribution < -0.4 is 5.73 Å². The summed E-state index contributed by atoms with van der Waals surface area (Å²) in [7, 11) is 0. The molecule has 0 unspecified atom stereocenters. The largest absolute Gasteiger partial charge is 0.324 e. The highest BCUT2D eigenvalue weighted by molar-refractivity contribution is 5.93. The van der Waals surface area contributed by atoms with Crippen molar-refractivity contribution < 1.29 is 13.6 Å². The summed E-state index contributed by atoms with van der Waals surface area (Å²) in [4.78, 5) is 11.5. The average Bonchev–Trinajstić information content (AvgIpc) is 2.67. The van der Waals surface area contributed by atoms with Gasteiger partial charge in [0, 0.05) is 31.0 Å². The Kier molecular flexibility index (Phi) is 3.43. The van der Waals surface area contributed by atoms with Crippen LogP contribution in [-0.2, 0) is 0 Å². The van der Waals surface area contributed by atoms with Crippen molar-refractivity contribution in [3.05, 3.63) is 36.0 Å². The van der Waals surface area contributed by atoms with Crippen molar-refractivity contribution in [1.82, 2.24) is 4.57 Å². The van der Waals surface area contributed by atoms with Crippen LogP contribution in [0.5, 0.6) is 0 Å². The first-order chi connectivity index (χ1) is 8.50. The maximum atomic E-state index is 12.4. The molecule has 0 fully saturated rings. The highest BCUT2D eigenvalue weighted by Gasteiger charge is 2.19. The van der Waals surface area contributed by atoms with E-state index in [1.54, 1.807) is 30.5 Å². The number of carbonyl (C=O) groups is 1. The van der Waals surface area contributed by atoms with E-state index in [4.69, 9.17) is 5.73 Å². The maximum Gasteiger partial charge on any atom is 0.240 e. The molecule has 0 radical (unpaired) electrons. The minimum atomic E-state index is -2.46. The number of alkyl halides is 2. The molecule has 0 saturated carbocycles. The van der Waals surface area contributed by atoms with Gasteiger partial charge in [0.25, 0.3) is 0 Å². The SMILES string of the molecule is CC(=O)n1cc([C@H](N)CC(F)F)c2ccccc21. The first kappa shape index (κ1) is 12.7. The topological polar surface area (TPSA) is 48.0 Å². The number of hydrogen-bond acceptors (Lipinski definition) is 2. The molecule has 1 aromatic carbocycles. The summed E-state index contributed by atoms with van der Waals surface area (Å²) in [5.74, 6) is -0.165. The quantitative estimate of drug-likeness (QED) is 0.912. The fourth-order valence-electron chi connectivity index (χ4n) is 2.08. The van der Waals surface area contributed by atoms with Gasteiger partial charge in [0.2, 0.25) is 12.3 Å². The second kappa shape index (κ2) is 4.86. The van der Waals surface area contributed by atoms with Crippen LogP contribution in [0.15, 0.2) is 30.5 Å². The highest BCUT2D eigenvalue weighted by atomic mass is 19.3. The van der Waals surface area contributed by atoms with Crippen molar-refractivity contribution >= 4 is 16.8 Å². The Labute approximate surface area is 103 Å². The molecule has 96 valence electrons. The number of fused-ring (bicyclic) bond motifs is 1. The summed E-state index contributed by atoms with van der Waals surface area (Å²) in [5, 5.41) is 0.751. The third-order valence-corrected chi connectivity index (χ3v) is 2.91. The number of nitrogens with zero attached hydrogens (tertiary/aromatic N) is 1. The van der Waals surface area contributed by atoms with Crippen molar-refractivity contribution in [2.45, 2.75) is 25.8 Å². The third-order valence-electron chi connectivity index (χ3n) is 2.91. The van der Waals surface area contributed by atoms with E-state index in [9.17, 15) is 13.6 Å². The van der Waals surface area contributed by atoms with Crippen molar-refractivity contribution in [1.29, 1.82) is 0 Å². The molecule has 0 aliphatic carbocycles. The van der Waals surface area contributed by atoms with Gasteiger partial charge in [-0.3, -0.25) is 9.36 Å². The zero-order chi connectivity index (χ0) is 13.3. The number of hydrogen-bond donors (Lipinski definition) is 1. The summed E-state index contributed by atoms with van der Waals surface area (Å²) in [5.41, 5.74) is 7.05. The van der Waals surface area contributed by atoms with Crippen molar-refractivity contribution in [2.75, 3.05) is 0 Å². The number of halogens is 2. The van der Waals surface area contributed by atoms with Crippen molar-refractivity contribution in [2.24, 2.45) is 5.73 Å². The van der Waals surface area contributed by atoms with Crippen LogP contribution in [0.3, 0.4) is 0 Å². The van der Waals surface area contributed by atoms with E-state index in [-0.39, 0.29) is 5.91 Å². The summed E-state index contributed by atoms with van der Waals surface area (Å²) < 4.78 is 26.2. The van der Waals surface area contributed by atoms with Gasteiger partial charge >= 0.3 is 0 Å². The van der Waals surface area contributed by atoms with Gasteiger partial charge < -0.3 is 5.73 Å². The Bertz CT molecular complexity index is 577. The van der Waals surface area contributed by atoms with Gasteiger partial charge in [-0.25, -0.2) is 8.78 Å². The third kappa shape index (κ3) is 2.26. The molecule has 0 aliphatic heterocycles. The van der Waals surface area contributed by atoms with E-state index in [1.165, 1.54) is 11.5 Å². The first-order valence-electron chi connectivity index (χ1n) is 5.65. The zero-order valence-electron chi connectivity index (χ0n) is 9.94. The minimum absolute atomic E-state index is 0.165. The van der Waals surface area contributed by atoms with Crippen LogP contribution in [0.1, 0.15) is 29.7 Å². The standard InChI is InChI=1S/C13H14F2N2O/c1-8(18)17-7-10(11(16)6-13(14)15)9-4-2-3-5-12(9)17/h2-5,7,11,13H,6,16H2,1H3/t11-/m1/s1. The fraction of sp³-hybridized carbons (Fsp3) is 0.308. The molecule has 2 aromatic rings. The van der Waals surface area contributed by atoms with Crippen LogP contribution in [0.25, 0.3) is 10.9 Å². The Morgan fingerprint density at radius 2 is 2.06 bits per heavy atom. The van der Waals surface area contributed by atoms with Crippen LogP contribution in [0, 0.1) is 0 Å². The summed E-state index contributed by atoms with van der Waals surface area (Å²) in [6.07, 6.45) is -1.31. The monoisotopic (exact) mass is 252 g/mol. The van der Waals surface area contributed by atoms with Gasteiger partial charge in [-0.2, -0.15) is 0 Å². The molecule has 18 heavy (non-hydrogen) atoms. The molecule has 0 amide bonds. The van der Waals surface area contributed by atoms with Gasteiger partial charge in [0.15, 0.2) is 0 Å². The lowest BCUT2D eigenvalue weighted by Gasteiger charge is -2.09. The molecule has 5 heteroatoms. The summed E-state index contributed by atoms with van der Waals surface area (Å²) in [6.45, 7) is 1.43. The highest BCUT2D eigenvalue weighted by Crippen LogP contribution is 2.28. The van der Waals surface area contributed by atoms with E-state index in [0.29, 0.717) is 11.1 Å². The molecule has 0 saturated heterocycles. The number of carbonyl (C=O) groups excluding carboxylic acids is 1. The number of para-hydroxylation sites is 1. The summed E-state index contributed by atoms with van der Waals surface area (Å²) >= 11 is 0. The molecule has 3 nitrogen and oxygen atoms in total. The fourth-order valence-corrected chi connectivity index (χ4v) is 2.08. The molecule has 0 aliphatic rings. The van der Waals surface area contributed by atoms with Crippen LogP contribution in [-0.4, -0.2) is 16.9 Å². The Morgan fingerprint density at radius 1 is 1.39 bits per heavy atom. The van der Waals surface area contributed by atoms with Gasteiger partial charge in [0.05, 0.1) is 5.52 Å². The molecular weight excluding hydrogens is 238 g/mol. The van der Waals surface area contributed by atoms with E-state index >= 15 is 0 Å². The molecular formula is C13H14F2N2O. The molecule has 0 spiro atoms. The zero-order valence-corrected chi connectivity index (χ0v) is 9.94. The molecule has 2 rings (SSSR count). The van der Waals surface area contributed by atoms with Crippen LogP contribution in [0.4, 0.5) is 8.78 Å². The molecule has 0 bridgehead atoms. The number of nitrogens with two attached hydrogens (primary N) is 1. The summed E-state index contributed by atoms with van der Waals surface area (Å²) in [6, 6.07) is 6.39. The Hall–Kier alpha value is -1.75. The number of rotatable bonds is 3. The number of aromatic nitrogens is 1. The maximum absolute atomic E-state index is 12.4. The van der Waals surface area contributed by atoms with Crippen LogP contribution >= 0.6 is 0 Å². The second-order valence-electron chi connectivity index (χ2n) is 4.22. The van der Waals surface area contributed by atoms with Crippen LogP contribution in [0.2, 0.25) is 0 Å². The van der Waals surface area contributed by atoms with E-state index < -0.39 is 18.9 Å². The Morgan fingerprint density at radius 3 is 2.67 bits per heavy atom. The first-order valence-corrected chi connectivity index (χ1v) is 5.65. The smallest absolute Gasteiger partial charge is 0.240 e. The molecule has 1 aromatic heterocycles. The van der Waals surface area contributed by atoms with Gasteiger partial charge in [0.1, 0.15) is 0 Å². The van der Waals surface area contributed by atoms with E-state index in [1.807, 2.05) is 0 Å². The second-order valence-corrected chi connectivity index (χ2v) is 4.22. The molecule has 1 atom stereocenters. The van der Waals surface area contributed by atoms with E-state index in [2.05, 4.69) is 0 Å². The predicted octanol–water partition coefficient (Wildman–Crippen LogP) is 2.96. The van der Waals surface area contributed by atoms with Gasteiger partial charge in [-0.05, 0) is 11.6 Å². The van der Waals surface area contributed by atoms with Gasteiger partial charge in [-0.1, -0.05) is 18.2 Å². The van der Waals surface area contributed by atoms with E-state index in [0.717, 1.165) is 5.39 Å². The molecule has 1 heterocycles. The average molecular weight is 252 g/mol. The predicted molar refractivity (Wildman–Crippen MR) is 65.8 cm³/mol. The lowest BCUT2D eigenvalue weighted by molar-refractivity contribution is 0.0941. The lowest BCUT2D eigenvalue weighted by Crippen LogP contribution is -2.13. The normalized spacial score (nSPS) is 13.2. The molecule has 2 N–H and O–H groups in total. The van der Waals surface area contributed by atoms with Crippen molar-refractivity contribution in [3.63, 3.8) is 0 Å².